The smallest absolute Gasteiger partial charge is 0.157 e. The number of pyridine rings is 1. The van der Waals surface area contributed by atoms with Crippen molar-refractivity contribution in [1.82, 2.24) is 10.3 Å². The molecule has 3 N–H and O–H groups in total. The van der Waals surface area contributed by atoms with Gasteiger partial charge < -0.3 is 11.1 Å². The summed E-state index contributed by atoms with van der Waals surface area (Å²) in [5, 5.41) is 10.8. The summed E-state index contributed by atoms with van der Waals surface area (Å²) in [7, 11) is 0. The molecule has 0 amide bonds. The highest BCUT2D eigenvalue weighted by Gasteiger charge is 2.18. The van der Waals surface area contributed by atoms with Gasteiger partial charge in [-0.1, -0.05) is 115 Å². The van der Waals surface area contributed by atoms with Gasteiger partial charge in [-0.2, -0.15) is 0 Å². The first kappa shape index (κ1) is 29.2. The van der Waals surface area contributed by atoms with E-state index in [4.69, 9.17) is 15.7 Å². The standard InChI is InChI=1S/C43H33N5/c44-28-47-43(48-42(29-19-23-45-24-20-29)30-21-25-46-26-22-30)40-16-8-7-14-37(40)33-10-2-1-9-32(33)31-17-18-39-36-13-4-3-11-34(36)35-12-5-6-15-38(35)41(39)27-31/h1-25,27,46H,26,28,44H2/b47-43-,48-42?. The molecule has 0 bridgehead atoms. The van der Waals surface area contributed by atoms with Gasteiger partial charge in [0.15, 0.2) is 5.84 Å². The van der Waals surface area contributed by atoms with Crippen LogP contribution in [0.2, 0.25) is 0 Å². The number of dihydropyridines is 1. The Hall–Kier alpha value is -6.17. The van der Waals surface area contributed by atoms with Crippen LogP contribution in [0.4, 0.5) is 0 Å². The Morgan fingerprint density at radius 3 is 1.92 bits per heavy atom. The monoisotopic (exact) mass is 619 g/mol. The molecule has 0 saturated heterocycles. The number of nitrogens with one attached hydrogen (secondary N) is 1. The summed E-state index contributed by atoms with van der Waals surface area (Å²) in [6.07, 6.45) is 9.70. The largest absolute Gasteiger partial charge is 0.387 e. The summed E-state index contributed by atoms with van der Waals surface area (Å²) >= 11 is 0. The van der Waals surface area contributed by atoms with Crippen LogP contribution in [0.1, 0.15) is 11.1 Å². The predicted octanol–water partition coefficient (Wildman–Crippen LogP) is 9.07. The summed E-state index contributed by atoms with van der Waals surface area (Å²) in [4.78, 5) is 14.2. The summed E-state index contributed by atoms with van der Waals surface area (Å²) in [5.74, 6) is 0.582. The van der Waals surface area contributed by atoms with Gasteiger partial charge in [-0.05, 0) is 90.6 Å². The van der Waals surface area contributed by atoms with Gasteiger partial charge >= 0.3 is 0 Å². The number of hydrogen-bond donors (Lipinski definition) is 2. The molecule has 1 aromatic heterocycles. The van der Waals surface area contributed by atoms with Crippen LogP contribution in [0.25, 0.3) is 54.6 Å². The van der Waals surface area contributed by atoms with Gasteiger partial charge in [0, 0.05) is 30.1 Å². The zero-order valence-electron chi connectivity index (χ0n) is 26.3. The highest BCUT2D eigenvalue weighted by Crippen LogP contribution is 2.40. The van der Waals surface area contributed by atoms with E-state index < -0.39 is 0 Å². The highest BCUT2D eigenvalue weighted by molar-refractivity contribution is 6.26. The van der Waals surface area contributed by atoms with E-state index in [1.807, 2.05) is 30.5 Å². The molecule has 48 heavy (non-hydrogen) atoms. The van der Waals surface area contributed by atoms with E-state index >= 15 is 0 Å². The number of nitrogens with two attached hydrogens (primary N) is 1. The van der Waals surface area contributed by atoms with Gasteiger partial charge in [0.05, 0.1) is 12.4 Å². The molecule has 0 atom stereocenters. The minimum atomic E-state index is 0.112. The maximum atomic E-state index is 6.10. The van der Waals surface area contributed by atoms with E-state index in [0.717, 1.165) is 51.2 Å². The van der Waals surface area contributed by atoms with Crippen molar-refractivity contribution >= 4 is 43.9 Å². The third-order valence-corrected chi connectivity index (χ3v) is 8.95. The number of allylic oxidation sites excluding steroid dienone is 2. The van der Waals surface area contributed by atoms with Crippen LogP contribution in [-0.4, -0.2) is 29.7 Å². The van der Waals surface area contributed by atoms with Crippen LogP contribution in [0.5, 0.6) is 0 Å². The molecule has 5 heteroatoms. The van der Waals surface area contributed by atoms with Crippen molar-refractivity contribution in [2.24, 2.45) is 15.7 Å². The van der Waals surface area contributed by atoms with Crippen molar-refractivity contribution in [3.63, 3.8) is 0 Å². The van der Waals surface area contributed by atoms with Crippen molar-refractivity contribution in [1.29, 1.82) is 0 Å². The minimum Gasteiger partial charge on any atom is -0.387 e. The van der Waals surface area contributed by atoms with Crippen molar-refractivity contribution < 1.29 is 0 Å². The molecule has 0 radical (unpaired) electrons. The fraction of sp³-hybridized carbons (Fsp3) is 0.0465. The number of benzene rings is 6. The Morgan fingerprint density at radius 2 is 1.25 bits per heavy atom. The SMILES string of the molecule is NC/N=C(\N=C(C1=CCNC=C1)c1ccncc1)c1ccccc1-c1ccccc1-c1ccc2c3ccccc3c3ccccc3c2c1. The number of nitrogens with zero attached hydrogens (tertiary/aromatic N) is 3. The first-order valence-electron chi connectivity index (χ1n) is 16.2. The average molecular weight is 620 g/mol. The summed E-state index contributed by atoms with van der Waals surface area (Å²) in [5.41, 5.74) is 14.2. The van der Waals surface area contributed by atoms with Crippen LogP contribution in [-0.2, 0) is 0 Å². The lowest BCUT2D eigenvalue weighted by molar-refractivity contribution is 0.966. The lowest BCUT2D eigenvalue weighted by Gasteiger charge is -2.17. The van der Waals surface area contributed by atoms with E-state index in [9.17, 15) is 0 Å². The van der Waals surface area contributed by atoms with Crippen LogP contribution in [0.3, 0.4) is 0 Å². The number of aromatic nitrogens is 1. The van der Waals surface area contributed by atoms with Crippen LogP contribution >= 0.6 is 0 Å². The first-order valence-corrected chi connectivity index (χ1v) is 16.2. The van der Waals surface area contributed by atoms with Gasteiger partial charge in [-0.25, -0.2) is 4.99 Å². The molecule has 6 aromatic carbocycles. The third kappa shape index (κ3) is 5.36. The van der Waals surface area contributed by atoms with Gasteiger partial charge in [0.2, 0.25) is 0 Å². The van der Waals surface area contributed by atoms with Crippen LogP contribution < -0.4 is 11.1 Å². The highest BCUT2D eigenvalue weighted by atomic mass is 15.0. The van der Waals surface area contributed by atoms with Gasteiger partial charge in [-0.15, -0.1) is 0 Å². The fourth-order valence-corrected chi connectivity index (χ4v) is 6.77. The maximum Gasteiger partial charge on any atom is 0.157 e. The number of amidine groups is 1. The summed E-state index contributed by atoms with van der Waals surface area (Å²) < 4.78 is 0. The van der Waals surface area contributed by atoms with Crippen molar-refractivity contribution in [2.75, 3.05) is 13.2 Å². The number of hydrogen-bond acceptors (Lipinski definition) is 4. The second kappa shape index (κ2) is 12.9. The number of aliphatic imine (C=N–C) groups is 2. The van der Waals surface area contributed by atoms with E-state index in [0.29, 0.717) is 5.84 Å². The molecule has 1 aliphatic heterocycles. The maximum absolute atomic E-state index is 6.10. The molecule has 5 nitrogen and oxygen atoms in total. The average Bonchev–Trinajstić information content (AvgIpc) is 3.17. The molecule has 7 aromatic rings. The lowest BCUT2D eigenvalue weighted by Crippen LogP contribution is -2.16. The second-order valence-electron chi connectivity index (χ2n) is 11.7. The van der Waals surface area contributed by atoms with E-state index in [-0.39, 0.29) is 6.67 Å². The molecular weight excluding hydrogens is 587 g/mol. The second-order valence-corrected chi connectivity index (χ2v) is 11.7. The molecule has 0 aliphatic carbocycles. The van der Waals surface area contributed by atoms with Gasteiger partial charge in [0.25, 0.3) is 0 Å². The Morgan fingerprint density at radius 1 is 0.646 bits per heavy atom. The number of rotatable bonds is 6. The minimum absolute atomic E-state index is 0.112. The predicted molar refractivity (Wildman–Crippen MR) is 201 cm³/mol. The van der Waals surface area contributed by atoms with Crippen LogP contribution in [0.15, 0.2) is 174 Å². The molecule has 0 fully saturated rings. The van der Waals surface area contributed by atoms with Crippen molar-refractivity contribution in [3.05, 3.63) is 175 Å². The molecule has 0 saturated carbocycles. The Bertz CT molecular complexity index is 2400. The Balaban J connectivity index is 1.31. The lowest BCUT2D eigenvalue weighted by atomic mass is 9.88. The third-order valence-electron chi connectivity index (χ3n) is 8.95. The molecular formula is C43H33N5. The summed E-state index contributed by atoms with van der Waals surface area (Å²) in [6, 6.07) is 45.1. The Kier molecular flexibility index (Phi) is 7.87. The molecule has 0 unspecified atom stereocenters. The van der Waals surface area contributed by atoms with Crippen LogP contribution in [0, 0.1) is 0 Å². The van der Waals surface area contributed by atoms with E-state index in [1.54, 1.807) is 12.4 Å². The van der Waals surface area contributed by atoms with Gasteiger partial charge in [0.1, 0.15) is 0 Å². The fourth-order valence-electron chi connectivity index (χ4n) is 6.77. The van der Waals surface area contributed by atoms with Crippen molar-refractivity contribution in [2.45, 2.75) is 0 Å². The van der Waals surface area contributed by atoms with Crippen molar-refractivity contribution in [3.8, 4) is 22.3 Å². The van der Waals surface area contributed by atoms with E-state index in [2.05, 4.69) is 126 Å². The normalized spacial score (nSPS) is 13.6. The zero-order chi connectivity index (χ0) is 32.3. The van der Waals surface area contributed by atoms with Gasteiger partial charge in [-0.3, -0.25) is 9.98 Å². The Labute approximate surface area is 279 Å². The zero-order valence-corrected chi connectivity index (χ0v) is 26.3. The topological polar surface area (TPSA) is 75.7 Å². The molecule has 0 spiro atoms. The molecule has 8 rings (SSSR count). The molecule has 1 aliphatic rings. The number of fused-ring (bicyclic) bond motifs is 6. The molecule has 2 heterocycles. The quantitative estimate of drug-likeness (QED) is 0.111. The first-order chi connectivity index (χ1) is 23.8. The summed E-state index contributed by atoms with van der Waals surface area (Å²) in [6.45, 7) is 0.834. The van der Waals surface area contributed by atoms with E-state index in [1.165, 1.54) is 32.3 Å². The molecule has 230 valence electrons.